The quantitative estimate of drug-likeness (QED) is 0.299. The van der Waals surface area contributed by atoms with Gasteiger partial charge in [-0.15, -0.1) is 0 Å². The number of nitrogens with one attached hydrogen (secondary N) is 2. The zero-order valence-electron chi connectivity index (χ0n) is 23.2. The van der Waals surface area contributed by atoms with Crippen LogP contribution in [-0.4, -0.2) is 47.7 Å². The largest absolute Gasteiger partial charge is 0.481 e. The molecular formula is C33H34N2O7. The SMILES string of the molecule is O=C(C[C@H](NC(=O)OCC1c2ccccc2-c2ccccc21)C(=O)NC1CCC(C(=O)O)CC1)OCc1ccccc1. The molecule has 9 nitrogen and oxygen atoms in total. The molecule has 0 saturated heterocycles. The lowest BCUT2D eigenvalue weighted by molar-refractivity contribution is -0.147. The van der Waals surface area contributed by atoms with Gasteiger partial charge in [0.1, 0.15) is 19.3 Å². The maximum atomic E-state index is 13.3. The minimum atomic E-state index is -1.22. The second-order valence-electron chi connectivity index (χ2n) is 10.8. The van der Waals surface area contributed by atoms with E-state index >= 15 is 0 Å². The Hall–Kier alpha value is -4.66. The summed E-state index contributed by atoms with van der Waals surface area (Å²) in [5.74, 6) is -2.61. The number of esters is 1. The maximum absolute atomic E-state index is 13.3. The lowest BCUT2D eigenvalue weighted by atomic mass is 9.86. The third-order valence-corrected chi connectivity index (χ3v) is 7.99. The van der Waals surface area contributed by atoms with Crippen LogP contribution < -0.4 is 10.6 Å². The predicted molar refractivity (Wildman–Crippen MR) is 154 cm³/mol. The van der Waals surface area contributed by atoms with Gasteiger partial charge in [0.15, 0.2) is 0 Å². The average molecular weight is 571 g/mol. The lowest BCUT2D eigenvalue weighted by Crippen LogP contribution is -2.51. The van der Waals surface area contributed by atoms with E-state index in [1.54, 1.807) is 0 Å². The highest BCUT2D eigenvalue weighted by atomic mass is 16.5. The van der Waals surface area contributed by atoms with Crippen LogP contribution in [-0.2, 0) is 30.5 Å². The van der Waals surface area contributed by atoms with Gasteiger partial charge in [0, 0.05) is 12.0 Å². The Bertz CT molecular complexity index is 1390. The van der Waals surface area contributed by atoms with Crippen LogP contribution in [0.25, 0.3) is 11.1 Å². The van der Waals surface area contributed by atoms with Crippen LogP contribution in [0.1, 0.15) is 54.7 Å². The van der Waals surface area contributed by atoms with Gasteiger partial charge in [-0.3, -0.25) is 14.4 Å². The van der Waals surface area contributed by atoms with Gasteiger partial charge < -0.3 is 25.2 Å². The van der Waals surface area contributed by atoms with Gasteiger partial charge in [0.25, 0.3) is 0 Å². The fourth-order valence-electron chi connectivity index (χ4n) is 5.74. The highest BCUT2D eigenvalue weighted by Crippen LogP contribution is 2.44. The number of alkyl carbamates (subject to hydrolysis) is 1. The summed E-state index contributed by atoms with van der Waals surface area (Å²) in [6.45, 7) is 0.101. The van der Waals surface area contributed by atoms with Gasteiger partial charge in [-0.05, 0) is 53.5 Å². The first-order valence-electron chi connectivity index (χ1n) is 14.2. The third-order valence-electron chi connectivity index (χ3n) is 7.99. The number of carboxylic acids is 1. The zero-order chi connectivity index (χ0) is 29.5. The Morgan fingerprint density at radius 1 is 0.786 bits per heavy atom. The Labute approximate surface area is 244 Å². The van der Waals surface area contributed by atoms with Gasteiger partial charge in [-0.2, -0.15) is 0 Å². The number of carboxylic acid groups (broad SMARTS) is 1. The standard InChI is InChI=1S/C33H34N2O7/c36-30(41-19-21-8-2-1-3-9-21)18-29(31(37)34-23-16-14-22(15-17-23)32(38)39)35-33(40)42-20-28-26-12-6-4-10-24(26)25-11-5-7-13-27(25)28/h1-13,22-23,28-29H,14-20H2,(H,34,37)(H,35,40)(H,38,39)/t22?,23?,29-/m0/s1. The number of amides is 2. The monoisotopic (exact) mass is 570 g/mol. The van der Waals surface area contributed by atoms with Crippen LogP contribution in [0.2, 0.25) is 0 Å². The zero-order valence-corrected chi connectivity index (χ0v) is 23.2. The van der Waals surface area contributed by atoms with Crippen molar-refractivity contribution in [2.75, 3.05) is 6.61 Å². The van der Waals surface area contributed by atoms with Crippen molar-refractivity contribution in [1.29, 1.82) is 0 Å². The van der Waals surface area contributed by atoms with E-state index in [1.165, 1.54) is 0 Å². The molecule has 5 rings (SSSR count). The van der Waals surface area contributed by atoms with Crippen LogP contribution in [0.3, 0.4) is 0 Å². The smallest absolute Gasteiger partial charge is 0.407 e. The summed E-state index contributed by atoms with van der Waals surface area (Å²) >= 11 is 0. The van der Waals surface area contributed by atoms with Crippen molar-refractivity contribution in [2.24, 2.45) is 5.92 Å². The molecule has 0 spiro atoms. The van der Waals surface area contributed by atoms with Crippen molar-refractivity contribution in [1.82, 2.24) is 10.6 Å². The number of carbonyl (C=O) groups excluding carboxylic acids is 3. The second-order valence-corrected chi connectivity index (χ2v) is 10.8. The average Bonchev–Trinajstić information content (AvgIpc) is 3.33. The van der Waals surface area contributed by atoms with Gasteiger partial charge in [0.2, 0.25) is 5.91 Å². The van der Waals surface area contributed by atoms with Crippen molar-refractivity contribution in [2.45, 2.75) is 56.7 Å². The molecule has 42 heavy (non-hydrogen) atoms. The first-order chi connectivity index (χ1) is 20.4. The molecular weight excluding hydrogens is 536 g/mol. The van der Waals surface area contributed by atoms with Crippen molar-refractivity contribution in [3.05, 3.63) is 95.6 Å². The van der Waals surface area contributed by atoms with Crippen molar-refractivity contribution < 1.29 is 33.8 Å². The summed E-state index contributed by atoms with van der Waals surface area (Å²) in [6.07, 6.45) is 0.695. The number of benzene rings is 3. The van der Waals surface area contributed by atoms with Crippen molar-refractivity contribution in [3.8, 4) is 11.1 Å². The molecule has 0 unspecified atom stereocenters. The summed E-state index contributed by atoms with van der Waals surface area (Å²) in [6, 6.07) is 23.6. The first kappa shape index (κ1) is 28.9. The van der Waals surface area contributed by atoms with Crippen molar-refractivity contribution >= 4 is 23.9 Å². The van der Waals surface area contributed by atoms with E-state index < -0.39 is 35.9 Å². The maximum Gasteiger partial charge on any atom is 0.407 e. The molecule has 2 aliphatic carbocycles. The van der Waals surface area contributed by atoms with Crippen LogP contribution in [0.5, 0.6) is 0 Å². The molecule has 0 heterocycles. The fraction of sp³-hybridized carbons (Fsp3) is 0.333. The molecule has 1 atom stereocenters. The minimum absolute atomic E-state index is 0.0398. The fourth-order valence-corrected chi connectivity index (χ4v) is 5.74. The molecule has 0 bridgehead atoms. The number of rotatable bonds is 10. The molecule has 3 aromatic carbocycles. The number of hydrogen-bond donors (Lipinski definition) is 3. The second kappa shape index (κ2) is 13.3. The normalized spacial score (nSPS) is 18.2. The molecule has 0 aliphatic heterocycles. The molecule has 0 aromatic heterocycles. The molecule has 9 heteroatoms. The Morgan fingerprint density at radius 2 is 1.38 bits per heavy atom. The predicted octanol–water partition coefficient (Wildman–Crippen LogP) is 4.79. The number of hydrogen-bond acceptors (Lipinski definition) is 6. The van der Waals surface area contributed by atoms with E-state index in [2.05, 4.69) is 10.6 Å². The summed E-state index contributed by atoms with van der Waals surface area (Å²) in [5, 5.41) is 14.7. The van der Waals surface area contributed by atoms with Gasteiger partial charge >= 0.3 is 18.0 Å². The van der Waals surface area contributed by atoms with Crippen LogP contribution >= 0.6 is 0 Å². The van der Waals surface area contributed by atoms with Crippen LogP contribution in [0.4, 0.5) is 4.79 Å². The van der Waals surface area contributed by atoms with E-state index in [4.69, 9.17) is 9.47 Å². The third kappa shape index (κ3) is 6.97. The summed E-state index contributed by atoms with van der Waals surface area (Å²) in [7, 11) is 0. The van der Waals surface area contributed by atoms with Gasteiger partial charge in [0.05, 0.1) is 12.3 Å². The molecule has 1 saturated carbocycles. The molecule has 3 aromatic rings. The Kier molecular flexibility index (Phi) is 9.16. The number of ether oxygens (including phenoxy) is 2. The van der Waals surface area contributed by atoms with Gasteiger partial charge in [-0.1, -0.05) is 78.9 Å². The van der Waals surface area contributed by atoms with E-state index in [0.29, 0.717) is 25.7 Å². The van der Waals surface area contributed by atoms with Crippen LogP contribution in [0.15, 0.2) is 78.9 Å². The van der Waals surface area contributed by atoms with Crippen LogP contribution in [0, 0.1) is 5.92 Å². The number of fused-ring (bicyclic) bond motifs is 3. The molecule has 218 valence electrons. The molecule has 1 fully saturated rings. The van der Waals surface area contributed by atoms with Crippen molar-refractivity contribution in [3.63, 3.8) is 0 Å². The summed E-state index contributed by atoms with van der Waals surface area (Å²) in [5.41, 5.74) is 5.10. The minimum Gasteiger partial charge on any atom is -0.481 e. The molecule has 2 aliphatic rings. The highest BCUT2D eigenvalue weighted by Gasteiger charge is 2.32. The van der Waals surface area contributed by atoms with E-state index in [-0.39, 0.29) is 31.6 Å². The summed E-state index contributed by atoms with van der Waals surface area (Å²) < 4.78 is 11.0. The number of carbonyl (C=O) groups is 4. The van der Waals surface area contributed by atoms with E-state index in [9.17, 15) is 24.3 Å². The first-order valence-corrected chi connectivity index (χ1v) is 14.2. The highest BCUT2D eigenvalue weighted by molar-refractivity contribution is 5.90. The lowest BCUT2D eigenvalue weighted by Gasteiger charge is -2.28. The molecule has 0 radical (unpaired) electrons. The Balaban J connectivity index is 1.22. The molecule has 2 amide bonds. The van der Waals surface area contributed by atoms with E-state index in [1.807, 2.05) is 78.9 Å². The van der Waals surface area contributed by atoms with Gasteiger partial charge in [-0.25, -0.2) is 4.79 Å². The topological polar surface area (TPSA) is 131 Å². The summed E-state index contributed by atoms with van der Waals surface area (Å²) in [4.78, 5) is 50.2. The number of aliphatic carboxylic acids is 1. The Morgan fingerprint density at radius 3 is 2.00 bits per heavy atom. The molecule has 3 N–H and O–H groups in total. The van der Waals surface area contributed by atoms with E-state index in [0.717, 1.165) is 27.8 Å².